The number of aromatic nitrogens is 2. The lowest BCUT2D eigenvalue weighted by atomic mass is 9.93. The van der Waals surface area contributed by atoms with Crippen LogP contribution in [0, 0.1) is 5.92 Å². The van der Waals surface area contributed by atoms with E-state index in [0.29, 0.717) is 29.8 Å². The summed E-state index contributed by atoms with van der Waals surface area (Å²) < 4.78 is 5.73. The maximum atomic E-state index is 13.1. The van der Waals surface area contributed by atoms with Crippen molar-refractivity contribution in [1.29, 1.82) is 0 Å². The number of anilines is 4. The number of hydrogen-bond donors (Lipinski definition) is 1. The van der Waals surface area contributed by atoms with E-state index in [4.69, 9.17) is 9.72 Å². The van der Waals surface area contributed by atoms with Gasteiger partial charge in [-0.15, -0.1) is 0 Å². The lowest BCUT2D eigenvalue weighted by Gasteiger charge is -2.36. The number of likely N-dealkylation sites (tertiary alicyclic amines) is 1. The van der Waals surface area contributed by atoms with Crippen LogP contribution in [-0.4, -0.2) is 86.7 Å². The number of amides is 2. The Kier molecular flexibility index (Phi) is 8.44. The lowest BCUT2D eigenvalue weighted by Crippen LogP contribution is -2.43. The van der Waals surface area contributed by atoms with Crippen LogP contribution in [0.25, 0.3) is 0 Å². The van der Waals surface area contributed by atoms with E-state index in [9.17, 15) is 9.59 Å². The lowest BCUT2D eigenvalue weighted by molar-refractivity contribution is -0.121. The minimum Gasteiger partial charge on any atom is -0.495 e. The van der Waals surface area contributed by atoms with Gasteiger partial charge in [0.2, 0.25) is 11.9 Å². The van der Waals surface area contributed by atoms with Crippen molar-refractivity contribution in [2.24, 2.45) is 5.92 Å². The Hall–Kier alpha value is -3.40. The molecule has 1 aromatic heterocycles. The van der Waals surface area contributed by atoms with Gasteiger partial charge >= 0.3 is 0 Å². The number of piperidine rings is 1. The highest BCUT2D eigenvalue weighted by atomic mass is 16.5. The normalized spacial score (nSPS) is 21.1. The molecule has 40 heavy (non-hydrogen) atoms. The van der Waals surface area contributed by atoms with E-state index in [-0.39, 0.29) is 23.8 Å². The van der Waals surface area contributed by atoms with E-state index < -0.39 is 0 Å². The zero-order chi connectivity index (χ0) is 28.4. The van der Waals surface area contributed by atoms with Crippen molar-refractivity contribution in [3.05, 3.63) is 30.0 Å². The average molecular weight is 550 g/mol. The second kappa shape index (κ2) is 12.0. The molecule has 0 radical (unpaired) electrons. The Balaban J connectivity index is 1.42. The molecule has 1 atom stereocenters. The third-order valence-corrected chi connectivity index (χ3v) is 8.77. The van der Waals surface area contributed by atoms with Gasteiger partial charge in [0.05, 0.1) is 24.9 Å². The number of hydrogen-bond acceptors (Lipinski definition) is 8. The number of nitrogens with one attached hydrogen (secondary N) is 1. The third-order valence-electron chi connectivity index (χ3n) is 8.77. The second-order valence-electron chi connectivity index (χ2n) is 11.6. The van der Waals surface area contributed by atoms with Crippen molar-refractivity contribution >= 4 is 35.0 Å². The summed E-state index contributed by atoms with van der Waals surface area (Å²) in [7, 11) is 7.43. The molecule has 3 aliphatic rings. The molecule has 1 aromatic carbocycles. The predicted molar refractivity (Wildman–Crippen MR) is 158 cm³/mol. The summed E-state index contributed by atoms with van der Waals surface area (Å²) in [5, 5.41) is 3.18. The van der Waals surface area contributed by atoms with Crippen molar-refractivity contribution in [1.82, 2.24) is 20.2 Å². The zero-order valence-electron chi connectivity index (χ0n) is 24.5. The first kappa shape index (κ1) is 28.1. The van der Waals surface area contributed by atoms with Gasteiger partial charge in [-0.2, -0.15) is 4.98 Å². The maximum absolute atomic E-state index is 13.1. The Morgan fingerprint density at radius 2 is 1.82 bits per heavy atom. The van der Waals surface area contributed by atoms with Crippen molar-refractivity contribution in [2.75, 3.05) is 62.6 Å². The number of methoxy groups -OCH3 is 1. The molecule has 1 N–H and O–H groups in total. The molecule has 1 aliphatic carbocycles. The van der Waals surface area contributed by atoms with Gasteiger partial charge in [-0.25, -0.2) is 4.98 Å². The van der Waals surface area contributed by atoms with E-state index in [1.807, 2.05) is 38.1 Å². The van der Waals surface area contributed by atoms with Gasteiger partial charge in [0.1, 0.15) is 11.4 Å². The molecule has 216 valence electrons. The van der Waals surface area contributed by atoms with Gasteiger partial charge in [0.25, 0.3) is 5.91 Å². The highest BCUT2D eigenvalue weighted by Crippen LogP contribution is 2.39. The van der Waals surface area contributed by atoms with E-state index >= 15 is 0 Å². The Morgan fingerprint density at radius 3 is 2.52 bits per heavy atom. The third kappa shape index (κ3) is 5.73. The van der Waals surface area contributed by atoms with Gasteiger partial charge in [-0.1, -0.05) is 26.2 Å². The first-order valence-corrected chi connectivity index (χ1v) is 14.6. The summed E-state index contributed by atoms with van der Waals surface area (Å²) in [6, 6.07) is 6.03. The van der Waals surface area contributed by atoms with E-state index in [0.717, 1.165) is 56.0 Å². The van der Waals surface area contributed by atoms with Crippen LogP contribution < -0.4 is 24.8 Å². The number of rotatable bonds is 6. The summed E-state index contributed by atoms with van der Waals surface area (Å²) >= 11 is 0. The largest absolute Gasteiger partial charge is 0.495 e. The molecule has 0 spiro atoms. The molecule has 1 saturated heterocycles. The fourth-order valence-corrected chi connectivity index (χ4v) is 6.22. The van der Waals surface area contributed by atoms with Crippen LogP contribution in [0.15, 0.2) is 24.4 Å². The molecule has 5 rings (SSSR count). The fourth-order valence-electron chi connectivity index (χ4n) is 6.22. The van der Waals surface area contributed by atoms with Crippen LogP contribution in [0.2, 0.25) is 0 Å². The molecule has 1 unspecified atom stereocenters. The van der Waals surface area contributed by atoms with E-state index in [1.165, 1.54) is 19.3 Å². The van der Waals surface area contributed by atoms with E-state index in [2.05, 4.69) is 27.1 Å². The van der Waals surface area contributed by atoms with Crippen LogP contribution in [0.1, 0.15) is 62.2 Å². The minimum atomic E-state index is -0.129. The predicted octanol–water partition coefficient (Wildman–Crippen LogP) is 3.83. The van der Waals surface area contributed by atoms with Crippen LogP contribution in [0.3, 0.4) is 0 Å². The molecule has 0 bridgehead atoms. The summed E-state index contributed by atoms with van der Waals surface area (Å²) in [6.45, 7) is 4.61. The topological polar surface area (TPSA) is 94.1 Å². The molecule has 2 amide bonds. The van der Waals surface area contributed by atoms with Crippen molar-refractivity contribution < 1.29 is 14.3 Å². The van der Waals surface area contributed by atoms with Gasteiger partial charge in [-0.05, 0) is 64.0 Å². The fraction of sp³-hybridized carbons (Fsp3) is 0.600. The summed E-state index contributed by atoms with van der Waals surface area (Å²) in [5.74, 6) is 1.75. The molecule has 2 fully saturated rings. The number of carbonyl (C=O) groups is 2. The van der Waals surface area contributed by atoms with Crippen molar-refractivity contribution in [2.45, 2.75) is 64.0 Å². The highest BCUT2D eigenvalue weighted by molar-refractivity contribution is 5.99. The first-order valence-electron chi connectivity index (χ1n) is 14.6. The summed E-state index contributed by atoms with van der Waals surface area (Å²) in [5.41, 5.74) is 2.06. The van der Waals surface area contributed by atoms with Crippen LogP contribution in [0.5, 0.6) is 5.75 Å². The van der Waals surface area contributed by atoms with E-state index in [1.54, 1.807) is 24.3 Å². The quantitative estimate of drug-likeness (QED) is 0.581. The zero-order valence-corrected chi connectivity index (χ0v) is 24.5. The Labute approximate surface area is 237 Å². The summed E-state index contributed by atoms with van der Waals surface area (Å²) in [4.78, 5) is 44.0. The number of carbonyl (C=O) groups excluding carboxylic acids is 2. The number of fused-ring (bicyclic) bond motifs is 1. The standard InChI is InChI=1S/C30H43N7O3/c1-20-19-37(23-9-7-6-8-10-23)27-25(35(3)29(20)39)18-31-30(33-27)36(4)24-12-11-21(17-26(24)40-5)28(38)32-22-13-15-34(2)16-14-22/h11-12,17-18,20,22-23H,6-10,13-16,19H2,1-5H3,(H,32,38). The van der Waals surface area contributed by atoms with Gasteiger partial charge in [0.15, 0.2) is 5.82 Å². The number of benzene rings is 1. The number of ether oxygens (including phenoxy) is 1. The smallest absolute Gasteiger partial charge is 0.251 e. The van der Waals surface area contributed by atoms with Crippen LogP contribution in [-0.2, 0) is 4.79 Å². The Bertz CT molecular complexity index is 1220. The molecule has 2 aromatic rings. The highest BCUT2D eigenvalue weighted by Gasteiger charge is 2.35. The number of nitrogens with zero attached hydrogens (tertiary/aromatic N) is 6. The van der Waals surface area contributed by atoms with Gasteiger partial charge in [-0.3, -0.25) is 9.59 Å². The Morgan fingerprint density at radius 1 is 1.10 bits per heavy atom. The second-order valence-corrected chi connectivity index (χ2v) is 11.6. The molecule has 10 heteroatoms. The first-order chi connectivity index (χ1) is 19.3. The average Bonchev–Trinajstić information content (AvgIpc) is 3.08. The molecule has 2 aliphatic heterocycles. The molecule has 3 heterocycles. The SMILES string of the molecule is COc1cc(C(=O)NC2CCN(C)CC2)ccc1N(C)c1ncc2c(n1)N(C1CCCCC1)CC(C)C(=O)N2C. The van der Waals surface area contributed by atoms with Gasteiger partial charge < -0.3 is 29.7 Å². The minimum absolute atomic E-state index is 0.0834. The molecule has 10 nitrogen and oxygen atoms in total. The molecular formula is C30H43N7O3. The maximum Gasteiger partial charge on any atom is 0.251 e. The van der Waals surface area contributed by atoms with Crippen LogP contribution >= 0.6 is 0 Å². The summed E-state index contributed by atoms with van der Waals surface area (Å²) in [6.07, 6.45) is 9.52. The molecule has 1 saturated carbocycles. The van der Waals surface area contributed by atoms with Crippen molar-refractivity contribution in [3.63, 3.8) is 0 Å². The van der Waals surface area contributed by atoms with Gasteiger partial charge in [0, 0.05) is 38.3 Å². The molecular weight excluding hydrogens is 506 g/mol. The van der Waals surface area contributed by atoms with Crippen LogP contribution in [0.4, 0.5) is 23.1 Å². The monoisotopic (exact) mass is 549 g/mol. The van der Waals surface area contributed by atoms with Crippen molar-refractivity contribution in [3.8, 4) is 5.75 Å².